The molecule has 4 fully saturated rings. The summed E-state index contributed by atoms with van der Waals surface area (Å²) in [4.78, 5) is 4.72. The molecule has 1 heterocycles. The second kappa shape index (κ2) is 4.55. The van der Waals surface area contributed by atoms with E-state index in [-0.39, 0.29) is 11.5 Å². The molecule has 20 heavy (non-hydrogen) atoms. The molecule has 1 atom stereocenters. The maximum absolute atomic E-state index is 6.11. The van der Waals surface area contributed by atoms with Gasteiger partial charge in [-0.1, -0.05) is 18.5 Å². The van der Waals surface area contributed by atoms with Crippen molar-refractivity contribution in [3.8, 4) is 0 Å². The van der Waals surface area contributed by atoms with Gasteiger partial charge in [-0.25, -0.2) is 0 Å². The number of aromatic nitrogens is 2. The molecule has 1 aromatic rings. The molecule has 0 saturated heterocycles. The summed E-state index contributed by atoms with van der Waals surface area (Å²) in [5.41, 5.74) is 6.34. The molecule has 4 aliphatic carbocycles. The molecule has 4 bridgehead atoms. The summed E-state index contributed by atoms with van der Waals surface area (Å²) >= 11 is 0. The fourth-order valence-electron chi connectivity index (χ4n) is 5.42. The average molecular weight is 275 g/mol. The van der Waals surface area contributed by atoms with Crippen molar-refractivity contribution in [1.82, 2.24) is 10.1 Å². The molecule has 4 saturated carbocycles. The zero-order chi connectivity index (χ0) is 13.7. The van der Waals surface area contributed by atoms with Crippen molar-refractivity contribution < 1.29 is 4.52 Å². The Bertz CT molecular complexity index is 460. The van der Waals surface area contributed by atoms with Crippen LogP contribution >= 0.6 is 0 Å². The third kappa shape index (κ3) is 1.92. The standard InChI is InChI=1S/C16H25N3O/c1-2-3-13(17)14-18-15(19-20-14)16-7-10-4-11(8-16)6-12(5-10)9-16/h10-13H,2-9,17H2,1H3/t10?,11?,12?,13-,16?/m1/s1. The summed E-state index contributed by atoms with van der Waals surface area (Å²) in [6, 6.07) is -0.0878. The molecule has 0 amide bonds. The molecule has 0 aliphatic heterocycles. The minimum absolute atomic E-state index is 0.0878. The van der Waals surface area contributed by atoms with Gasteiger partial charge in [-0.3, -0.25) is 0 Å². The number of nitrogens with two attached hydrogens (primary N) is 1. The van der Waals surface area contributed by atoms with Gasteiger partial charge in [-0.15, -0.1) is 0 Å². The summed E-state index contributed by atoms with van der Waals surface area (Å²) in [6.07, 6.45) is 10.1. The molecular weight excluding hydrogens is 250 g/mol. The Morgan fingerprint density at radius 2 is 1.80 bits per heavy atom. The highest BCUT2D eigenvalue weighted by molar-refractivity contribution is 5.16. The van der Waals surface area contributed by atoms with Gasteiger partial charge in [0.15, 0.2) is 5.82 Å². The van der Waals surface area contributed by atoms with E-state index in [9.17, 15) is 0 Å². The smallest absolute Gasteiger partial charge is 0.243 e. The van der Waals surface area contributed by atoms with E-state index in [0.29, 0.717) is 5.89 Å². The van der Waals surface area contributed by atoms with Gasteiger partial charge in [0.1, 0.15) is 0 Å². The lowest BCUT2D eigenvalue weighted by Crippen LogP contribution is -2.49. The summed E-state index contributed by atoms with van der Waals surface area (Å²) in [6.45, 7) is 2.14. The predicted octanol–water partition coefficient (Wildman–Crippen LogP) is 3.34. The molecule has 0 aromatic carbocycles. The van der Waals surface area contributed by atoms with Crippen LogP contribution in [0.2, 0.25) is 0 Å². The second-order valence-corrected chi connectivity index (χ2v) is 7.55. The van der Waals surface area contributed by atoms with Crippen LogP contribution in [-0.2, 0) is 5.41 Å². The third-order valence-corrected chi connectivity index (χ3v) is 5.87. The molecule has 2 N–H and O–H groups in total. The maximum atomic E-state index is 6.11. The second-order valence-electron chi connectivity index (χ2n) is 7.55. The Kier molecular flexibility index (Phi) is 2.92. The van der Waals surface area contributed by atoms with Crippen LogP contribution in [-0.4, -0.2) is 10.1 Å². The van der Waals surface area contributed by atoms with E-state index < -0.39 is 0 Å². The first-order valence-corrected chi connectivity index (χ1v) is 8.28. The SMILES string of the molecule is CCC[C@@H](N)c1nc(C23CC4CC(CC(C4)C2)C3)no1. The highest BCUT2D eigenvalue weighted by atomic mass is 16.5. The van der Waals surface area contributed by atoms with Crippen molar-refractivity contribution in [2.45, 2.75) is 69.7 Å². The highest BCUT2D eigenvalue weighted by Gasteiger charge is 2.53. The van der Waals surface area contributed by atoms with Gasteiger partial charge < -0.3 is 10.3 Å². The van der Waals surface area contributed by atoms with Gasteiger partial charge in [0.05, 0.1) is 6.04 Å². The zero-order valence-electron chi connectivity index (χ0n) is 12.3. The zero-order valence-corrected chi connectivity index (χ0v) is 12.3. The Morgan fingerprint density at radius 1 is 1.20 bits per heavy atom. The third-order valence-electron chi connectivity index (χ3n) is 5.87. The van der Waals surface area contributed by atoms with Crippen LogP contribution in [0.1, 0.15) is 76.0 Å². The van der Waals surface area contributed by atoms with Crippen LogP contribution in [0.4, 0.5) is 0 Å². The van der Waals surface area contributed by atoms with Crippen molar-refractivity contribution in [3.63, 3.8) is 0 Å². The van der Waals surface area contributed by atoms with Gasteiger partial charge in [-0.05, 0) is 62.7 Å². The van der Waals surface area contributed by atoms with E-state index in [1.807, 2.05) is 0 Å². The predicted molar refractivity (Wildman–Crippen MR) is 76.0 cm³/mol. The molecule has 0 spiro atoms. The lowest BCUT2D eigenvalue weighted by Gasteiger charge is -2.55. The summed E-state index contributed by atoms with van der Waals surface area (Å²) in [5.74, 6) is 4.35. The molecule has 0 radical (unpaired) electrons. The quantitative estimate of drug-likeness (QED) is 0.915. The first-order valence-electron chi connectivity index (χ1n) is 8.28. The first-order chi connectivity index (χ1) is 9.68. The van der Waals surface area contributed by atoms with Crippen molar-refractivity contribution >= 4 is 0 Å². The monoisotopic (exact) mass is 275 g/mol. The molecule has 110 valence electrons. The van der Waals surface area contributed by atoms with E-state index >= 15 is 0 Å². The van der Waals surface area contributed by atoms with Crippen LogP contribution in [0.25, 0.3) is 0 Å². The van der Waals surface area contributed by atoms with Crippen LogP contribution in [0.15, 0.2) is 4.52 Å². The minimum Gasteiger partial charge on any atom is -0.338 e. The van der Waals surface area contributed by atoms with Crippen molar-refractivity contribution in [3.05, 3.63) is 11.7 Å². The maximum Gasteiger partial charge on any atom is 0.243 e. The number of nitrogens with zero attached hydrogens (tertiary/aromatic N) is 2. The van der Waals surface area contributed by atoms with Crippen molar-refractivity contribution in [1.29, 1.82) is 0 Å². The lowest BCUT2D eigenvalue weighted by molar-refractivity contribution is -0.0103. The summed E-state index contributed by atoms with van der Waals surface area (Å²) in [7, 11) is 0. The molecule has 4 nitrogen and oxygen atoms in total. The Morgan fingerprint density at radius 3 is 2.35 bits per heavy atom. The van der Waals surface area contributed by atoms with E-state index in [0.717, 1.165) is 36.4 Å². The van der Waals surface area contributed by atoms with Crippen molar-refractivity contribution in [2.24, 2.45) is 23.5 Å². The van der Waals surface area contributed by atoms with Crippen LogP contribution in [0, 0.1) is 17.8 Å². The van der Waals surface area contributed by atoms with E-state index in [1.54, 1.807) is 0 Å². The van der Waals surface area contributed by atoms with Gasteiger partial charge in [0, 0.05) is 5.41 Å². The van der Waals surface area contributed by atoms with E-state index in [1.165, 1.54) is 38.5 Å². The Balaban J connectivity index is 1.61. The van der Waals surface area contributed by atoms with Crippen LogP contribution < -0.4 is 5.73 Å². The van der Waals surface area contributed by atoms with Crippen LogP contribution in [0.5, 0.6) is 0 Å². The molecule has 4 aliphatic rings. The first kappa shape index (κ1) is 12.8. The Hall–Kier alpha value is -0.900. The topological polar surface area (TPSA) is 64.9 Å². The van der Waals surface area contributed by atoms with Gasteiger partial charge in [-0.2, -0.15) is 4.98 Å². The summed E-state index contributed by atoms with van der Waals surface area (Å²) in [5, 5.41) is 4.34. The fourth-order valence-corrected chi connectivity index (χ4v) is 5.42. The average Bonchev–Trinajstić information content (AvgIpc) is 2.87. The van der Waals surface area contributed by atoms with E-state index in [2.05, 4.69) is 12.1 Å². The van der Waals surface area contributed by atoms with E-state index in [4.69, 9.17) is 15.2 Å². The van der Waals surface area contributed by atoms with Gasteiger partial charge in [0.25, 0.3) is 0 Å². The fraction of sp³-hybridized carbons (Fsp3) is 0.875. The molecule has 1 aromatic heterocycles. The molecule has 5 rings (SSSR count). The van der Waals surface area contributed by atoms with Crippen molar-refractivity contribution in [2.75, 3.05) is 0 Å². The summed E-state index contributed by atoms with van der Waals surface area (Å²) < 4.78 is 5.48. The Labute approximate surface area is 120 Å². The normalized spacial score (nSPS) is 40.2. The van der Waals surface area contributed by atoms with Crippen LogP contribution in [0.3, 0.4) is 0 Å². The largest absolute Gasteiger partial charge is 0.338 e. The van der Waals surface area contributed by atoms with Gasteiger partial charge in [0.2, 0.25) is 5.89 Å². The highest BCUT2D eigenvalue weighted by Crippen LogP contribution is 2.60. The lowest BCUT2D eigenvalue weighted by atomic mass is 9.49. The molecular formula is C16H25N3O. The molecule has 0 unspecified atom stereocenters. The van der Waals surface area contributed by atoms with Gasteiger partial charge >= 0.3 is 0 Å². The number of hydrogen-bond donors (Lipinski definition) is 1. The molecule has 4 heteroatoms. The minimum atomic E-state index is -0.0878. The number of hydrogen-bond acceptors (Lipinski definition) is 4. The number of rotatable bonds is 4.